The van der Waals surface area contributed by atoms with Gasteiger partial charge >= 0.3 is 0 Å². The first-order valence-corrected chi connectivity index (χ1v) is 11.0. The summed E-state index contributed by atoms with van der Waals surface area (Å²) < 4.78 is 12.3. The lowest BCUT2D eigenvalue weighted by Crippen LogP contribution is -2.12. The van der Waals surface area contributed by atoms with Gasteiger partial charge < -0.3 is 0 Å². The van der Waals surface area contributed by atoms with Gasteiger partial charge in [-0.2, -0.15) is 0 Å². The van der Waals surface area contributed by atoms with E-state index in [1.807, 2.05) is 72.8 Å². The van der Waals surface area contributed by atoms with Gasteiger partial charge in [0, 0.05) is 16.7 Å². The van der Waals surface area contributed by atoms with Crippen molar-refractivity contribution in [2.45, 2.75) is 14.4 Å². The number of alkyl halides is 3. The largest absolute Gasteiger partial charge is 0.216 e. The molecule has 0 radical (unpaired) electrons. The molecule has 136 valence electrons. The first-order valence-electron chi connectivity index (χ1n) is 8.18. The molecule has 3 rings (SSSR count). The third kappa shape index (κ3) is 5.37. The second kappa shape index (κ2) is 8.50. The molecule has 0 saturated carbocycles. The summed E-state index contributed by atoms with van der Waals surface area (Å²) in [5, 5.41) is 3.02. The topological polar surface area (TPSA) is 17.1 Å². The van der Waals surface area contributed by atoms with Crippen LogP contribution in [0.25, 0.3) is 0 Å². The van der Waals surface area contributed by atoms with Crippen LogP contribution >= 0.6 is 34.8 Å². The zero-order chi connectivity index (χ0) is 19.3. The Labute approximate surface area is 175 Å². The molecule has 1 atom stereocenters. The van der Waals surface area contributed by atoms with Crippen LogP contribution in [0.1, 0.15) is 16.7 Å². The van der Waals surface area contributed by atoms with Crippen LogP contribution in [0, 0.1) is 11.2 Å². The molecular weight excluding hydrogens is 419 g/mol. The number of rotatable bonds is 3. The lowest BCUT2D eigenvalue weighted by Gasteiger charge is -2.11. The van der Waals surface area contributed by atoms with Gasteiger partial charge in [0.1, 0.15) is 0 Å². The van der Waals surface area contributed by atoms with E-state index in [0.29, 0.717) is 10.5 Å². The quantitative estimate of drug-likeness (QED) is 0.258. The Hall–Kier alpha value is -1.76. The smallest absolute Gasteiger partial charge is 0.0836 e. The molecule has 0 saturated heterocycles. The van der Waals surface area contributed by atoms with Crippen LogP contribution in [0.3, 0.4) is 0 Å². The fourth-order valence-electron chi connectivity index (χ4n) is 2.51. The highest BCUT2D eigenvalue weighted by molar-refractivity contribution is 8.06. The van der Waals surface area contributed by atoms with E-state index in [0.717, 1.165) is 11.1 Å². The Morgan fingerprint density at radius 2 is 1.33 bits per heavy atom. The second-order valence-electron chi connectivity index (χ2n) is 5.92. The van der Waals surface area contributed by atoms with Crippen LogP contribution in [0.15, 0.2) is 89.8 Å². The standard InChI is InChI=1S/C22H16Cl3OS/c23-22(24,25)20-13-11-19(12-14-20)17-27(26,21-9-5-2-6-10-21)16-15-18-7-3-1-4-8-18/h1-14H,17H2/q+1. The molecule has 0 bridgehead atoms. The van der Waals surface area contributed by atoms with Gasteiger partial charge in [0.2, 0.25) is 3.79 Å². The molecule has 1 nitrogen and oxygen atoms in total. The highest BCUT2D eigenvalue weighted by atomic mass is 35.6. The maximum atomic E-state index is 13.8. The van der Waals surface area contributed by atoms with Gasteiger partial charge in [-0.3, -0.25) is 0 Å². The minimum Gasteiger partial charge on any atom is -0.0836 e. The molecule has 0 fully saturated rings. The molecule has 0 aliphatic rings. The first kappa shape index (κ1) is 20.0. The number of hydrogen-bond donors (Lipinski definition) is 0. The third-order valence-corrected chi connectivity index (χ3v) is 6.77. The Morgan fingerprint density at radius 1 is 0.778 bits per heavy atom. The molecule has 0 N–H and O–H groups in total. The van der Waals surface area contributed by atoms with Crippen molar-refractivity contribution in [2.75, 3.05) is 0 Å². The fraction of sp³-hybridized carbons (Fsp3) is 0.0909. The first-order chi connectivity index (χ1) is 12.9. The summed E-state index contributed by atoms with van der Waals surface area (Å²) in [6, 6.07) is 26.0. The lowest BCUT2D eigenvalue weighted by molar-refractivity contribution is 0.590. The van der Waals surface area contributed by atoms with Gasteiger partial charge in [-0.1, -0.05) is 99.7 Å². The van der Waals surface area contributed by atoms with Crippen LogP contribution in [0.4, 0.5) is 0 Å². The van der Waals surface area contributed by atoms with Crippen LogP contribution in [-0.2, 0) is 23.7 Å². The maximum Gasteiger partial charge on any atom is 0.216 e. The molecule has 3 aromatic rings. The Morgan fingerprint density at radius 3 is 1.89 bits per heavy atom. The van der Waals surface area contributed by atoms with Gasteiger partial charge in [0.15, 0.2) is 25.8 Å². The Kier molecular flexibility index (Phi) is 6.29. The normalized spacial score (nSPS) is 13.3. The summed E-state index contributed by atoms with van der Waals surface area (Å²) >= 11 is 17.7. The van der Waals surface area contributed by atoms with Crippen molar-refractivity contribution in [2.24, 2.45) is 0 Å². The molecule has 0 amide bonds. The molecule has 27 heavy (non-hydrogen) atoms. The van der Waals surface area contributed by atoms with Crippen molar-refractivity contribution in [1.29, 1.82) is 0 Å². The zero-order valence-corrected chi connectivity index (χ0v) is 17.3. The monoisotopic (exact) mass is 433 g/mol. The molecule has 1 unspecified atom stereocenters. The van der Waals surface area contributed by atoms with E-state index >= 15 is 0 Å². The summed E-state index contributed by atoms with van der Waals surface area (Å²) in [6.45, 7) is 0. The summed E-state index contributed by atoms with van der Waals surface area (Å²) in [6.07, 6.45) is 0. The summed E-state index contributed by atoms with van der Waals surface area (Å²) in [4.78, 5) is 0.707. The zero-order valence-electron chi connectivity index (χ0n) is 14.2. The van der Waals surface area contributed by atoms with Crippen molar-refractivity contribution in [3.63, 3.8) is 0 Å². The molecule has 0 aliphatic heterocycles. The SMILES string of the molecule is O=[S+](C#Cc1ccccc1)(Cc1ccc(C(Cl)(Cl)Cl)cc1)c1ccccc1. The molecule has 0 heterocycles. The van der Waals surface area contributed by atoms with Gasteiger partial charge in [-0.05, 0) is 30.2 Å². The van der Waals surface area contributed by atoms with E-state index in [2.05, 4.69) is 11.2 Å². The molecular formula is C22H16Cl3OS+. The number of benzene rings is 3. The second-order valence-corrected chi connectivity index (χ2v) is 10.5. The van der Waals surface area contributed by atoms with E-state index < -0.39 is 13.7 Å². The van der Waals surface area contributed by atoms with Gasteiger partial charge in [-0.15, -0.1) is 0 Å². The third-order valence-electron chi connectivity index (χ3n) is 3.91. The highest BCUT2D eigenvalue weighted by Crippen LogP contribution is 2.38. The van der Waals surface area contributed by atoms with Gasteiger partial charge in [0.25, 0.3) is 0 Å². The molecule has 0 spiro atoms. The fourth-order valence-corrected chi connectivity index (χ4v) is 4.78. The summed E-state index contributed by atoms with van der Waals surface area (Å²) in [5.41, 5.74) is 2.26. The van der Waals surface area contributed by atoms with Crippen LogP contribution in [-0.4, -0.2) is 0 Å². The van der Waals surface area contributed by atoms with Crippen LogP contribution in [0.5, 0.6) is 0 Å². The number of hydrogen-bond acceptors (Lipinski definition) is 1. The van der Waals surface area contributed by atoms with E-state index in [1.165, 1.54) is 0 Å². The van der Waals surface area contributed by atoms with Crippen molar-refractivity contribution in [3.8, 4) is 11.2 Å². The predicted molar refractivity (Wildman–Crippen MR) is 115 cm³/mol. The van der Waals surface area contributed by atoms with E-state index in [1.54, 1.807) is 12.1 Å². The van der Waals surface area contributed by atoms with Crippen molar-refractivity contribution >= 4 is 44.7 Å². The minimum absolute atomic E-state index is 0.289. The van der Waals surface area contributed by atoms with E-state index in [-0.39, 0.29) is 5.75 Å². The Bertz CT molecular complexity index is 999. The number of halogens is 3. The van der Waals surface area contributed by atoms with E-state index in [9.17, 15) is 4.21 Å². The van der Waals surface area contributed by atoms with Crippen molar-refractivity contribution in [3.05, 3.63) is 102 Å². The van der Waals surface area contributed by atoms with Gasteiger partial charge in [0.05, 0.1) is 0 Å². The average molecular weight is 435 g/mol. The van der Waals surface area contributed by atoms with Gasteiger partial charge in [-0.25, -0.2) is 0 Å². The van der Waals surface area contributed by atoms with E-state index in [4.69, 9.17) is 34.8 Å². The summed E-state index contributed by atoms with van der Waals surface area (Å²) in [5.74, 6) is 3.34. The Balaban J connectivity index is 1.96. The lowest BCUT2D eigenvalue weighted by atomic mass is 10.2. The highest BCUT2D eigenvalue weighted by Gasteiger charge is 2.31. The molecule has 3 aromatic carbocycles. The molecule has 5 heteroatoms. The minimum atomic E-state index is -2.63. The average Bonchev–Trinajstić information content (AvgIpc) is 2.68. The van der Waals surface area contributed by atoms with Crippen molar-refractivity contribution in [1.82, 2.24) is 0 Å². The maximum absolute atomic E-state index is 13.8. The predicted octanol–water partition coefficient (Wildman–Crippen LogP) is 6.58. The van der Waals surface area contributed by atoms with Crippen LogP contribution in [0.2, 0.25) is 0 Å². The van der Waals surface area contributed by atoms with Crippen molar-refractivity contribution < 1.29 is 4.21 Å². The molecule has 0 aliphatic carbocycles. The molecule has 0 aromatic heterocycles. The van der Waals surface area contributed by atoms with Crippen LogP contribution < -0.4 is 0 Å². The summed E-state index contributed by atoms with van der Waals surface area (Å²) in [7, 11) is -2.63.